The first-order valence-electron chi connectivity index (χ1n) is 23.6. The van der Waals surface area contributed by atoms with Crippen molar-refractivity contribution >= 4 is 23.5 Å². The molecular weight excluding hydrogens is 773 g/mol. The molecule has 6 fully saturated rings. The first kappa shape index (κ1) is 43.9. The Morgan fingerprint density at radius 2 is 1.68 bits per heavy atom. The molecule has 0 spiro atoms. The predicted octanol–water partition coefficient (Wildman–Crippen LogP) is 12.1. The molecule has 0 radical (unpaired) electrons. The number of amides is 1. The molecule has 60 heavy (non-hydrogen) atoms. The first-order valence-corrected chi connectivity index (χ1v) is 24.0. The van der Waals surface area contributed by atoms with E-state index in [1.54, 1.807) is 12.1 Å². The maximum Gasteiger partial charge on any atom is 0.410 e. The fourth-order valence-electron chi connectivity index (χ4n) is 14.0. The summed E-state index contributed by atoms with van der Waals surface area (Å²) >= 11 is 6.48. The van der Waals surface area contributed by atoms with Gasteiger partial charge in [0.15, 0.2) is 5.78 Å². The zero-order valence-electron chi connectivity index (χ0n) is 37.0. The molecule has 0 aliphatic heterocycles. The lowest BCUT2D eigenvalue weighted by molar-refractivity contribution is -0.108. The highest BCUT2D eigenvalue weighted by Gasteiger charge is 2.59. The van der Waals surface area contributed by atoms with E-state index in [1.165, 1.54) is 30.9 Å². The first-order chi connectivity index (χ1) is 28.5. The number of ketones is 1. The zero-order chi connectivity index (χ0) is 42.6. The molecule has 2 aromatic carbocycles. The normalized spacial score (nSPS) is 36.5. The van der Waals surface area contributed by atoms with Crippen LogP contribution in [0.2, 0.25) is 5.02 Å². The summed E-state index contributed by atoms with van der Waals surface area (Å²) in [6, 6.07) is 10.4. The third-order valence-corrected chi connectivity index (χ3v) is 17.3. The Hall–Kier alpha value is -2.74. The quantitative estimate of drug-likeness (QED) is 0.194. The Labute approximate surface area is 364 Å². The Bertz CT molecular complexity index is 1890. The van der Waals surface area contributed by atoms with Crippen molar-refractivity contribution in [2.75, 3.05) is 13.1 Å². The Morgan fingerprint density at radius 3 is 2.37 bits per heavy atom. The van der Waals surface area contributed by atoms with Gasteiger partial charge in [0, 0.05) is 34.5 Å². The Kier molecular flexibility index (Phi) is 12.8. The number of rotatable bonds is 9. The molecule has 8 heteroatoms. The van der Waals surface area contributed by atoms with Gasteiger partial charge >= 0.3 is 6.09 Å². The Balaban J connectivity index is 1.17. The number of Topliss-reactive ketones (excluding diaryl/α,β-unsaturated/α-hetero) is 1. The average Bonchev–Trinajstić information content (AvgIpc) is 3.42. The SMILES string of the molecule is CC1=CCCC2(C)C(CCC2(O)CN(CC23CC4CC(CC(C4)C2)C3)C(=O)OC2CC(C)CCC2C(C)C)c2ccc(cc2C(=O)Cc2c(F)cccc2Cl)CC(O)CC1. The average molecular weight is 845 g/mol. The van der Waals surface area contributed by atoms with Crippen molar-refractivity contribution in [3.05, 3.63) is 81.1 Å². The maximum absolute atomic E-state index is 15.2. The summed E-state index contributed by atoms with van der Waals surface area (Å²) in [5.41, 5.74) is 1.65. The number of aliphatic hydroxyl groups excluding tert-OH is 1. The van der Waals surface area contributed by atoms with Crippen molar-refractivity contribution in [1.82, 2.24) is 4.90 Å². The van der Waals surface area contributed by atoms with Crippen LogP contribution in [0.3, 0.4) is 0 Å². The number of carbonyl (C=O) groups excluding carboxylic acids is 2. The number of hydrogen-bond acceptors (Lipinski definition) is 5. The molecule has 6 bridgehead atoms. The number of halogens is 2. The summed E-state index contributed by atoms with van der Waals surface area (Å²) in [5.74, 6) is 2.44. The number of carbonyl (C=O) groups is 2. The fraction of sp³-hybridized carbons (Fsp3) is 0.692. The minimum atomic E-state index is -1.26. The number of ether oxygens (including phenoxy) is 1. The topological polar surface area (TPSA) is 87.1 Å². The van der Waals surface area contributed by atoms with E-state index in [0.717, 1.165) is 80.2 Å². The smallest absolute Gasteiger partial charge is 0.410 e. The summed E-state index contributed by atoms with van der Waals surface area (Å²) in [4.78, 5) is 31.5. The van der Waals surface area contributed by atoms with Gasteiger partial charge in [0.25, 0.3) is 0 Å². The predicted molar refractivity (Wildman–Crippen MR) is 237 cm³/mol. The Morgan fingerprint density at radius 1 is 0.967 bits per heavy atom. The summed E-state index contributed by atoms with van der Waals surface area (Å²) in [6.07, 6.45) is 15.8. The van der Waals surface area contributed by atoms with Gasteiger partial charge in [-0.25, -0.2) is 9.18 Å². The molecule has 7 atom stereocenters. The summed E-state index contributed by atoms with van der Waals surface area (Å²) in [5, 5.41) is 24.8. The minimum absolute atomic E-state index is 0.0530. The third kappa shape index (κ3) is 8.89. The molecule has 6 nitrogen and oxygen atoms in total. The molecule has 2 N–H and O–H groups in total. The molecule has 2 aromatic rings. The second-order valence-corrected chi connectivity index (χ2v) is 22.2. The van der Waals surface area contributed by atoms with E-state index in [-0.39, 0.29) is 52.9 Å². The van der Waals surface area contributed by atoms with Crippen LogP contribution in [-0.2, 0) is 17.6 Å². The molecular formula is C52H71ClFNO5. The van der Waals surface area contributed by atoms with Crippen molar-refractivity contribution in [3.8, 4) is 0 Å². The van der Waals surface area contributed by atoms with E-state index in [2.05, 4.69) is 40.7 Å². The number of allylic oxidation sites excluding steroid dienone is 2. The van der Waals surface area contributed by atoms with Crippen molar-refractivity contribution in [2.24, 2.45) is 46.3 Å². The van der Waals surface area contributed by atoms with Crippen LogP contribution in [0.15, 0.2) is 48.0 Å². The summed E-state index contributed by atoms with van der Waals surface area (Å²) < 4.78 is 21.9. The lowest BCUT2D eigenvalue weighted by Gasteiger charge is -2.58. The zero-order valence-corrected chi connectivity index (χ0v) is 37.8. The maximum atomic E-state index is 15.2. The van der Waals surface area contributed by atoms with Crippen LogP contribution in [-0.4, -0.2) is 57.9 Å². The van der Waals surface area contributed by atoms with Crippen LogP contribution in [0, 0.1) is 52.2 Å². The van der Waals surface area contributed by atoms with Crippen LogP contribution in [0.25, 0.3) is 0 Å². The number of hydrogen-bond donors (Lipinski definition) is 2. The second kappa shape index (κ2) is 17.4. The summed E-state index contributed by atoms with van der Waals surface area (Å²) in [6.45, 7) is 11.9. The largest absolute Gasteiger partial charge is 0.446 e. The molecule has 328 valence electrons. The lowest BCUT2D eigenvalue weighted by Crippen LogP contribution is -2.58. The second-order valence-electron chi connectivity index (χ2n) is 21.8. The molecule has 8 aliphatic rings. The van der Waals surface area contributed by atoms with Gasteiger partial charge in [-0.15, -0.1) is 0 Å². The molecule has 0 heterocycles. The number of fused-ring (bicyclic) bond motifs is 8. The highest BCUT2D eigenvalue weighted by atomic mass is 35.5. The van der Waals surface area contributed by atoms with Crippen molar-refractivity contribution in [1.29, 1.82) is 0 Å². The summed E-state index contributed by atoms with van der Waals surface area (Å²) in [7, 11) is 0. The highest BCUT2D eigenvalue weighted by Crippen LogP contribution is 2.62. The van der Waals surface area contributed by atoms with Gasteiger partial charge in [-0.3, -0.25) is 4.79 Å². The van der Waals surface area contributed by atoms with E-state index < -0.39 is 22.9 Å². The molecule has 8 aliphatic carbocycles. The highest BCUT2D eigenvalue weighted by molar-refractivity contribution is 6.31. The fourth-order valence-corrected chi connectivity index (χ4v) is 14.3. The number of aliphatic hydroxyl groups is 2. The molecule has 6 saturated carbocycles. The monoisotopic (exact) mass is 844 g/mol. The van der Waals surface area contributed by atoms with Crippen LogP contribution >= 0.6 is 11.6 Å². The van der Waals surface area contributed by atoms with Gasteiger partial charge in [0.05, 0.1) is 18.2 Å². The number of benzene rings is 2. The van der Waals surface area contributed by atoms with Gasteiger partial charge in [-0.1, -0.05) is 75.6 Å². The van der Waals surface area contributed by atoms with Crippen LogP contribution in [0.5, 0.6) is 0 Å². The van der Waals surface area contributed by atoms with Gasteiger partial charge in [0.2, 0.25) is 0 Å². The van der Waals surface area contributed by atoms with E-state index in [9.17, 15) is 19.8 Å². The van der Waals surface area contributed by atoms with E-state index in [4.69, 9.17) is 16.3 Å². The van der Waals surface area contributed by atoms with E-state index in [0.29, 0.717) is 62.0 Å². The molecule has 10 rings (SSSR count). The minimum Gasteiger partial charge on any atom is -0.446 e. The molecule has 1 amide bonds. The van der Waals surface area contributed by atoms with Gasteiger partial charge in [0.1, 0.15) is 11.9 Å². The molecule has 0 saturated heterocycles. The van der Waals surface area contributed by atoms with Crippen molar-refractivity contribution in [3.63, 3.8) is 0 Å². The van der Waals surface area contributed by atoms with Crippen LogP contribution in [0.4, 0.5) is 9.18 Å². The molecule has 0 aromatic heterocycles. The van der Waals surface area contributed by atoms with Gasteiger partial charge in [-0.05, 0) is 179 Å². The number of nitrogens with zero attached hydrogens (tertiary/aromatic N) is 1. The van der Waals surface area contributed by atoms with Crippen LogP contribution < -0.4 is 0 Å². The molecule has 7 unspecified atom stereocenters. The standard InChI is InChI=1S/C52H71ClFNO5/c1-32(2)40-15-12-34(4)20-48(40)60-49(58)55(30-51-27-36-21-37(28-51)23-38(22-36)29-51)31-52(59)19-17-44-41-16-13-35(24-39(56)14-11-33(3)8-7-18-50(44,52)5)25-42(41)47(57)26-43-45(53)9-6-10-46(43)54/h6,8-10,13,16,25,32,34,36-40,44,48,56,59H,7,11-12,14-15,17-24,26-31H2,1-5H3. The van der Waals surface area contributed by atoms with Crippen LogP contribution in [0.1, 0.15) is 164 Å². The lowest BCUT2D eigenvalue weighted by atomic mass is 9.49. The van der Waals surface area contributed by atoms with Gasteiger partial charge in [-0.2, -0.15) is 0 Å². The third-order valence-electron chi connectivity index (χ3n) is 17.0. The van der Waals surface area contributed by atoms with Crippen molar-refractivity contribution < 1.29 is 28.9 Å². The van der Waals surface area contributed by atoms with Crippen molar-refractivity contribution in [2.45, 2.75) is 167 Å². The van der Waals surface area contributed by atoms with E-state index >= 15 is 4.39 Å². The van der Waals surface area contributed by atoms with Gasteiger partial charge < -0.3 is 19.8 Å². The van der Waals surface area contributed by atoms with E-state index in [1.807, 2.05) is 23.1 Å².